The van der Waals surface area contributed by atoms with Crippen molar-refractivity contribution in [3.63, 3.8) is 0 Å². The highest BCUT2D eigenvalue weighted by atomic mass is 79.9. The first kappa shape index (κ1) is 16.9. The lowest BCUT2D eigenvalue weighted by molar-refractivity contribution is 0.276. The Balaban J connectivity index is 2.04. The molecule has 0 atom stereocenters. The van der Waals surface area contributed by atoms with Crippen LogP contribution < -0.4 is 14.8 Å². The Morgan fingerprint density at radius 1 is 1.14 bits per heavy atom. The maximum atomic E-state index is 5.75. The third kappa shape index (κ3) is 4.78. The normalized spacial score (nSPS) is 10.7. The summed E-state index contributed by atoms with van der Waals surface area (Å²) in [6.45, 7) is 6.77. The molecular formula is C17H22BrNO3. The number of benzene rings is 1. The quantitative estimate of drug-likeness (QED) is 0.707. The monoisotopic (exact) mass is 367 g/mol. The van der Waals surface area contributed by atoms with Crippen LogP contribution in [0.2, 0.25) is 0 Å². The molecule has 0 aliphatic rings. The molecule has 0 fully saturated rings. The number of ether oxygens (including phenoxy) is 2. The molecule has 0 aliphatic carbocycles. The SMILES string of the molecule is CCCOc1cc(Br)c(CNCc2ccco2)cc1OCC. The Morgan fingerprint density at radius 3 is 2.64 bits per heavy atom. The van der Waals surface area contributed by atoms with Gasteiger partial charge < -0.3 is 19.2 Å². The second kappa shape index (κ2) is 8.86. The number of hydrogen-bond donors (Lipinski definition) is 1. The summed E-state index contributed by atoms with van der Waals surface area (Å²) in [5.74, 6) is 2.49. The lowest BCUT2D eigenvalue weighted by atomic mass is 10.2. The molecule has 2 rings (SSSR count). The first-order valence-electron chi connectivity index (χ1n) is 7.55. The highest BCUT2D eigenvalue weighted by molar-refractivity contribution is 9.10. The molecule has 5 heteroatoms. The van der Waals surface area contributed by atoms with Gasteiger partial charge in [0.15, 0.2) is 11.5 Å². The largest absolute Gasteiger partial charge is 0.490 e. The molecule has 1 heterocycles. The summed E-state index contributed by atoms with van der Waals surface area (Å²) in [5, 5.41) is 3.36. The van der Waals surface area contributed by atoms with Crippen LogP contribution in [0.25, 0.3) is 0 Å². The van der Waals surface area contributed by atoms with Crippen molar-refractivity contribution in [3.05, 3.63) is 46.3 Å². The van der Waals surface area contributed by atoms with E-state index in [1.165, 1.54) is 0 Å². The third-order valence-corrected chi connectivity index (χ3v) is 3.81. The van der Waals surface area contributed by atoms with Gasteiger partial charge in [-0.05, 0) is 43.2 Å². The second-order valence-electron chi connectivity index (χ2n) is 4.85. The zero-order valence-corrected chi connectivity index (χ0v) is 14.6. The van der Waals surface area contributed by atoms with Gasteiger partial charge in [0.1, 0.15) is 5.76 Å². The molecule has 1 N–H and O–H groups in total. The molecular weight excluding hydrogens is 346 g/mol. The van der Waals surface area contributed by atoms with Crippen molar-refractivity contribution in [2.24, 2.45) is 0 Å². The minimum atomic E-state index is 0.614. The number of nitrogens with one attached hydrogen (secondary N) is 1. The Hall–Kier alpha value is -1.46. The first-order valence-corrected chi connectivity index (χ1v) is 8.35. The van der Waals surface area contributed by atoms with Crippen LogP contribution in [0.3, 0.4) is 0 Å². The maximum Gasteiger partial charge on any atom is 0.162 e. The van der Waals surface area contributed by atoms with Crippen LogP contribution in [0.5, 0.6) is 11.5 Å². The van der Waals surface area contributed by atoms with Gasteiger partial charge in [-0.3, -0.25) is 0 Å². The molecule has 4 nitrogen and oxygen atoms in total. The van der Waals surface area contributed by atoms with E-state index < -0.39 is 0 Å². The molecule has 0 amide bonds. The fraction of sp³-hybridized carbons (Fsp3) is 0.412. The molecule has 0 bridgehead atoms. The molecule has 0 saturated heterocycles. The predicted octanol–water partition coefficient (Wildman–Crippen LogP) is 4.52. The van der Waals surface area contributed by atoms with Gasteiger partial charge >= 0.3 is 0 Å². The zero-order chi connectivity index (χ0) is 15.8. The van der Waals surface area contributed by atoms with Crippen molar-refractivity contribution < 1.29 is 13.9 Å². The van der Waals surface area contributed by atoms with E-state index >= 15 is 0 Å². The number of hydrogen-bond acceptors (Lipinski definition) is 4. The summed E-state index contributed by atoms with van der Waals surface area (Å²) < 4.78 is 17.8. The molecule has 0 unspecified atom stereocenters. The minimum Gasteiger partial charge on any atom is -0.490 e. The van der Waals surface area contributed by atoms with Crippen LogP contribution in [0.15, 0.2) is 39.4 Å². The Labute approximate surface area is 139 Å². The van der Waals surface area contributed by atoms with Gasteiger partial charge in [0.05, 0.1) is 26.0 Å². The first-order chi connectivity index (χ1) is 10.7. The number of rotatable bonds is 9. The average Bonchev–Trinajstić information content (AvgIpc) is 3.02. The van der Waals surface area contributed by atoms with Crippen LogP contribution in [-0.4, -0.2) is 13.2 Å². The number of furan rings is 1. The van der Waals surface area contributed by atoms with Gasteiger partial charge in [0.25, 0.3) is 0 Å². The third-order valence-electron chi connectivity index (χ3n) is 3.07. The zero-order valence-electron chi connectivity index (χ0n) is 13.0. The van der Waals surface area contributed by atoms with Gasteiger partial charge in [0, 0.05) is 11.0 Å². The second-order valence-corrected chi connectivity index (χ2v) is 5.71. The summed E-state index contributed by atoms with van der Waals surface area (Å²) >= 11 is 3.60. The molecule has 0 radical (unpaired) electrons. The lowest BCUT2D eigenvalue weighted by Gasteiger charge is -2.15. The predicted molar refractivity (Wildman–Crippen MR) is 90.3 cm³/mol. The molecule has 0 saturated carbocycles. The van der Waals surface area contributed by atoms with Crippen molar-refractivity contribution in [1.82, 2.24) is 5.32 Å². The summed E-state index contributed by atoms with van der Waals surface area (Å²) in [6.07, 6.45) is 2.65. The van der Waals surface area contributed by atoms with E-state index in [1.807, 2.05) is 31.2 Å². The van der Waals surface area contributed by atoms with Gasteiger partial charge in [-0.15, -0.1) is 0 Å². The van der Waals surface area contributed by atoms with Crippen molar-refractivity contribution in [2.45, 2.75) is 33.4 Å². The van der Waals surface area contributed by atoms with E-state index in [0.717, 1.165) is 40.3 Å². The molecule has 120 valence electrons. The molecule has 0 spiro atoms. The summed E-state index contributed by atoms with van der Waals surface area (Å²) in [5.41, 5.74) is 1.12. The Morgan fingerprint density at radius 2 is 1.95 bits per heavy atom. The van der Waals surface area contributed by atoms with E-state index in [9.17, 15) is 0 Å². The van der Waals surface area contributed by atoms with Gasteiger partial charge in [-0.1, -0.05) is 22.9 Å². The van der Waals surface area contributed by atoms with Gasteiger partial charge in [0.2, 0.25) is 0 Å². The summed E-state index contributed by atoms with van der Waals surface area (Å²) in [4.78, 5) is 0. The van der Waals surface area contributed by atoms with Crippen molar-refractivity contribution in [1.29, 1.82) is 0 Å². The van der Waals surface area contributed by atoms with Crippen LogP contribution in [0.1, 0.15) is 31.6 Å². The lowest BCUT2D eigenvalue weighted by Crippen LogP contribution is -2.13. The van der Waals surface area contributed by atoms with Crippen LogP contribution >= 0.6 is 15.9 Å². The fourth-order valence-corrected chi connectivity index (χ4v) is 2.50. The minimum absolute atomic E-state index is 0.614. The van der Waals surface area contributed by atoms with Crippen molar-refractivity contribution in [3.8, 4) is 11.5 Å². The average molecular weight is 368 g/mol. The van der Waals surface area contributed by atoms with E-state index in [4.69, 9.17) is 13.9 Å². The van der Waals surface area contributed by atoms with Crippen LogP contribution in [-0.2, 0) is 13.1 Å². The molecule has 22 heavy (non-hydrogen) atoms. The topological polar surface area (TPSA) is 43.6 Å². The molecule has 1 aromatic heterocycles. The Kier molecular flexibility index (Phi) is 6.80. The van der Waals surface area contributed by atoms with E-state index in [2.05, 4.69) is 28.2 Å². The fourth-order valence-electron chi connectivity index (χ4n) is 2.04. The summed E-state index contributed by atoms with van der Waals surface area (Å²) in [7, 11) is 0. The molecule has 2 aromatic rings. The van der Waals surface area contributed by atoms with Gasteiger partial charge in [-0.2, -0.15) is 0 Å². The number of halogens is 1. The maximum absolute atomic E-state index is 5.75. The van der Waals surface area contributed by atoms with E-state index in [-0.39, 0.29) is 0 Å². The van der Waals surface area contributed by atoms with E-state index in [1.54, 1.807) is 6.26 Å². The molecule has 1 aromatic carbocycles. The van der Waals surface area contributed by atoms with Crippen molar-refractivity contribution in [2.75, 3.05) is 13.2 Å². The van der Waals surface area contributed by atoms with Gasteiger partial charge in [-0.25, -0.2) is 0 Å². The molecule has 0 aliphatic heterocycles. The summed E-state index contributed by atoms with van der Waals surface area (Å²) in [6, 6.07) is 7.84. The van der Waals surface area contributed by atoms with Crippen LogP contribution in [0.4, 0.5) is 0 Å². The smallest absolute Gasteiger partial charge is 0.162 e. The van der Waals surface area contributed by atoms with E-state index in [0.29, 0.717) is 19.8 Å². The highest BCUT2D eigenvalue weighted by Gasteiger charge is 2.11. The van der Waals surface area contributed by atoms with Crippen LogP contribution in [0, 0.1) is 0 Å². The Bertz CT molecular complexity index is 570. The standard InChI is InChI=1S/C17H22BrNO3/c1-3-7-22-17-10-15(18)13(9-16(17)20-4-2)11-19-12-14-6-5-8-21-14/h5-6,8-10,19H,3-4,7,11-12H2,1-2H3. The highest BCUT2D eigenvalue weighted by Crippen LogP contribution is 2.34. The van der Waals surface area contributed by atoms with Crippen molar-refractivity contribution >= 4 is 15.9 Å².